The Morgan fingerprint density at radius 2 is 1.92 bits per heavy atom. The molecule has 0 N–H and O–H groups in total. The smallest absolute Gasteiger partial charge is 0.246 e. The monoisotopic (exact) mass is 363 g/mol. The minimum Gasteiger partial charge on any atom is -0.495 e. The molecule has 0 saturated carbocycles. The molecule has 1 atom stereocenters. The Morgan fingerprint density at radius 1 is 1.20 bits per heavy atom. The van der Waals surface area contributed by atoms with Crippen LogP contribution in [0, 0.1) is 6.92 Å². The van der Waals surface area contributed by atoms with Crippen molar-refractivity contribution in [3.8, 4) is 17.2 Å². The van der Waals surface area contributed by atoms with Gasteiger partial charge in [-0.25, -0.2) is 8.42 Å². The van der Waals surface area contributed by atoms with E-state index in [1.54, 1.807) is 18.2 Å². The summed E-state index contributed by atoms with van der Waals surface area (Å²) < 4.78 is 43.8. The molecule has 0 aliphatic carbocycles. The van der Waals surface area contributed by atoms with Gasteiger partial charge in [0, 0.05) is 7.05 Å². The van der Waals surface area contributed by atoms with Gasteiger partial charge in [-0.05, 0) is 36.8 Å². The van der Waals surface area contributed by atoms with E-state index in [1.165, 1.54) is 18.5 Å². The molecule has 0 aromatic heterocycles. The molecule has 0 radical (unpaired) electrons. The molecule has 0 fully saturated rings. The number of nitrogens with zero attached hydrogens (tertiary/aromatic N) is 1. The summed E-state index contributed by atoms with van der Waals surface area (Å²) in [7, 11) is -0.722. The number of benzene rings is 2. The number of hydrogen-bond acceptors (Lipinski definition) is 5. The van der Waals surface area contributed by atoms with Gasteiger partial charge in [-0.15, -0.1) is 0 Å². The molecule has 0 unspecified atom stereocenters. The highest BCUT2D eigenvalue weighted by Gasteiger charge is 2.30. The number of fused-ring (bicyclic) bond motifs is 1. The normalized spacial score (nSPS) is 16.7. The third-order valence-electron chi connectivity index (χ3n) is 4.04. The van der Waals surface area contributed by atoms with Gasteiger partial charge in [0.1, 0.15) is 23.4 Å². The number of aryl methyl sites for hydroxylation is 1. The number of likely N-dealkylation sites (N-methyl/N-ethyl adjacent to an activating group) is 1. The third-order valence-corrected chi connectivity index (χ3v) is 5.88. The SMILES string of the molecule is COc1ccc(C)cc1S(=O)(=O)N(C)C[C@@H]1COc2ccccc2O1. The Kier molecular flexibility index (Phi) is 4.87. The second-order valence-electron chi connectivity index (χ2n) is 5.94. The number of ether oxygens (including phenoxy) is 3. The first kappa shape index (κ1) is 17.6. The van der Waals surface area contributed by atoms with Gasteiger partial charge >= 0.3 is 0 Å². The van der Waals surface area contributed by atoms with Crippen LogP contribution in [0.5, 0.6) is 17.2 Å². The molecule has 0 spiro atoms. The molecule has 1 heterocycles. The molecular weight excluding hydrogens is 342 g/mol. The van der Waals surface area contributed by atoms with Crippen LogP contribution in [0.25, 0.3) is 0 Å². The largest absolute Gasteiger partial charge is 0.495 e. The fourth-order valence-corrected chi connectivity index (χ4v) is 4.13. The Labute approximate surface area is 148 Å². The molecule has 2 aromatic carbocycles. The van der Waals surface area contributed by atoms with Crippen molar-refractivity contribution < 1.29 is 22.6 Å². The highest BCUT2D eigenvalue weighted by Crippen LogP contribution is 2.32. The van der Waals surface area contributed by atoms with Gasteiger partial charge in [0.15, 0.2) is 11.5 Å². The minimum absolute atomic E-state index is 0.148. The molecular formula is C18H21NO5S. The fourth-order valence-electron chi connectivity index (χ4n) is 2.69. The maximum atomic E-state index is 12.9. The summed E-state index contributed by atoms with van der Waals surface area (Å²) >= 11 is 0. The van der Waals surface area contributed by atoms with Crippen LogP contribution >= 0.6 is 0 Å². The first-order valence-electron chi connectivity index (χ1n) is 7.91. The van der Waals surface area contributed by atoms with E-state index in [0.717, 1.165) is 5.56 Å². The van der Waals surface area contributed by atoms with Crippen molar-refractivity contribution in [2.45, 2.75) is 17.9 Å². The second kappa shape index (κ2) is 6.93. The lowest BCUT2D eigenvalue weighted by Crippen LogP contribution is -2.41. The average molecular weight is 363 g/mol. The Morgan fingerprint density at radius 3 is 2.64 bits per heavy atom. The topological polar surface area (TPSA) is 65.1 Å². The zero-order chi connectivity index (χ0) is 18.0. The van der Waals surface area contributed by atoms with E-state index in [-0.39, 0.29) is 17.5 Å². The summed E-state index contributed by atoms with van der Waals surface area (Å²) in [6, 6.07) is 12.4. The molecule has 134 valence electrons. The molecule has 2 aromatic rings. The predicted molar refractivity (Wildman–Crippen MR) is 93.9 cm³/mol. The van der Waals surface area contributed by atoms with Gasteiger partial charge in [-0.2, -0.15) is 4.31 Å². The highest BCUT2D eigenvalue weighted by atomic mass is 32.2. The molecule has 3 rings (SSSR count). The number of methoxy groups -OCH3 is 1. The first-order valence-corrected chi connectivity index (χ1v) is 9.35. The van der Waals surface area contributed by atoms with E-state index in [2.05, 4.69) is 0 Å². The summed E-state index contributed by atoms with van der Waals surface area (Å²) in [4.78, 5) is 0.148. The zero-order valence-electron chi connectivity index (χ0n) is 14.4. The van der Waals surface area contributed by atoms with E-state index >= 15 is 0 Å². The quantitative estimate of drug-likeness (QED) is 0.816. The van der Waals surface area contributed by atoms with Crippen molar-refractivity contribution in [2.75, 3.05) is 27.3 Å². The van der Waals surface area contributed by atoms with Gasteiger partial charge in [0.25, 0.3) is 0 Å². The van der Waals surface area contributed by atoms with E-state index in [9.17, 15) is 8.42 Å². The van der Waals surface area contributed by atoms with Crippen LogP contribution in [0.2, 0.25) is 0 Å². The number of hydrogen-bond donors (Lipinski definition) is 0. The molecule has 25 heavy (non-hydrogen) atoms. The Balaban J connectivity index is 1.79. The highest BCUT2D eigenvalue weighted by molar-refractivity contribution is 7.89. The van der Waals surface area contributed by atoms with Crippen LogP contribution in [-0.4, -0.2) is 46.1 Å². The maximum absolute atomic E-state index is 12.9. The van der Waals surface area contributed by atoms with Gasteiger partial charge in [-0.1, -0.05) is 18.2 Å². The molecule has 0 amide bonds. The van der Waals surface area contributed by atoms with Gasteiger partial charge < -0.3 is 14.2 Å². The molecule has 1 aliphatic heterocycles. The molecule has 0 bridgehead atoms. The van der Waals surface area contributed by atoms with E-state index in [4.69, 9.17) is 14.2 Å². The molecule has 7 heteroatoms. The van der Waals surface area contributed by atoms with Crippen LogP contribution in [0.4, 0.5) is 0 Å². The van der Waals surface area contributed by atoms with E-state index in [0.29, 0.717) is 23.9 Å². The van der Waals surface area contributed by atoms with Crippen LogP contribution < -0.4 is 14.2 Å². The third kappa shape index (κ3) is 3.57. The van der Waals surface area contributed by atoms with Crippen molar-refractivity contribution in [3.63, 3.8) is 0 Å². The first-order chi connectivity index (χ1) is 11.9. The van der Waals surface area contributed by atoms with Crippen LogP contribution in [-0.2, 0) is 10.0 Å². The Bertz CT molecular complexity index is 866. The average Bonchev–Trinajstić information content (AvgIpc) is 2.61. The summed E-state index contributed by atoms with van der Waals surface area (Å²) in [6.45, 7) is 2.31. The van der Waals surface area contributed by atoms with Crippen molar-refractivity contribution in [2.24, 2.45) is 0 Å². The fraction of sp³-hybridized carbons (Fsp3) is 0.333. The summed E-state index contributed by atoms with van der Waals surface area (Å²) in [5.41, 5.74) is 0.846. The van der Waals surface area contributed by atoms with Gasteiger partial charge in [0.2, 0.25) is 10.0 Å². The summed E-state index contributed by atoms with van der Waals surface area (Å²) in [6.07, 6.45) is -0.384. The molecule has 6 nitrogen and oxygen atoms in total. The van der Waals surface area contributed by atoms with Gasteiger partial charge in [-0.3, -0.25) is 0 Å². The summed E-state index contributed by atoms with van der Waals surface area (Å²) in [5, 5.41) is 0. The lowest BCUT2D eigenvalue weighted by molar-refractivity contribution is 0.0798. The van der Waals surface area contributed by atoms with E-state index in [1.807, 2.05) is 31.2 Å². The van der Waals surface area contributed by atoms with E-state index < -0.39 is 10.0 Å². The van der Waals surface area contributed by atoms with Crippen LogP contribution in [0.15, 0.2) is 47.4 Å². The molecule has 1 aliphatic rings. The minimum atomic E-state index is -3.71. The lowest BCUT2D eigenvalue weighted by atomic mass is 10.2. The number of para-hydroxylation sites is 2. The van der Waals surface area contributed by atoms with Crippen molar-refractivity contribution >= 4 is 10.0 Å². The number of rotatable bonds is 5. The van der Waals surface area contributed by atoms with Crippen LogP contribution in [0.3, 0.4) is 0 Å². The van der Waals surface area contributed by atoms with Crippen molar-refractivity contribution in [1.82, 2.24) is 4.31 Å². The van der Waals surface area contributed by atoms with Crippen LogP contribution in [0.1, 0.15) is 5.56 Å². The van der Waals surface area contributed by atoms with Crippen molar-refractivity contribution in [3.05, 3.63) is 48.0 Å². The van der Waals surface area contributed by atoms with Gasteiger partial charge in [0.05, 0.1) is 13.7 Å². The molecule has 0 saturated heterocycles. The maximum Gasteiger partial charge on any atom is 0.246 e. The van der Waals surface area contributed by atoms with Crippen molar-refractivity contribution in [1.29, 1.82) is 0 Å². The standard InChI is InChI=1S/C18H21NO5S/c1-13-8-9-17(22-3)18(10-13)25(20,21)19(2)11-14-12-23-15-6-4-5-7-16(15)24-14/h4-10,14H,11-12H2,1-3H3/t14-/m1/s1. The Hall–Kier alpha value is -2.25. The predicted octanol–water partition coefficient (Wildman–Crippen LogP) is 2.46. The zero-order valence-corrected chi connectivity index (χ0v) is 15.2. The summed E-state index contributed by atoms with van der Waals surface area (Å²) in [5.74, 6) is 1.62. The lowest BCUT2D eigenvalue weighted by Gasteiger charge is -2.29. The second-order valence-corrected chi connectivity index (χ2v) is 7.95. The number of sulfonamides is 1.